The molecule has 1 heterocycles. The zero-order chi connectivity index (χ0) is 16.4. The summed E-state index contributed by atoms with van der Waals surface area (Å²) in [4.78, 5) is 23.6. The third kappa shape index (κ3) is 3.27. The molecule has 4 N–H and O–H groups in total. The Labute approximate surface area is 145 Å². The number of benzene rings is 2. The van der Waals surface area contributed by atoms with Crippen LogP contribution >= 0.6 is 0 Å². The van der Waals surface area contributed by atoms with E-state index in [2.05, 4.69) is 0 Å². The molecule has 1 fully saturated rings. The van der Waals surface area contributed by atoms with E-state index >= 15 is 0 Å². The Bertz CT molecular complexity index is 707. The summed E-state index contributed by atoms with van der Waals surface area (Å²) in [7, 11) is 0. The number of hydrogen-bond acceptors (Lipinski definition) is 2. The van der Waals surface area contributed by atoms with Gasteiger partial charge < -0.3 is 27.9 Å². The molecule has 0 spiro atoms. The number of carboxylic acids is 2. The van der Waals surface area contributed by atoms with Crippen LogP contribution in [-0.2, 0) is 9.59 Å². The molecule has 0 unspecified atom stereocenters. The molecule has 3 rings (SSSR count). The van der Waals surface area contributed by atoms with Crippen LogP contribution in [0.2, 0.25) is 0 Å². The van der Waals surface area contributed by atoms with Crippen molar-refractivity contribution in [2.24, 2.45) is 5.92 Å². The predicted molar refractivity (Wildman–Crippen MR) is 82.8 cm³/mol. The van der Waals surface area contributed by atoms with Gasteiger partial charge in [-0.3, -0.25) is 4.79 Å². The Morgan fingerprint density at radius 1 is 0.792 bits per heavy atom. The van der Waals surface area contributed by atoms with E-state index in [1.54, 1.807) is 17.4 Å². The van der Waals surface area contributed by atoms with Gasteiger partial charge >= 0.3 is 11.9 Å². The Hall–Kier alpha value is -2.37. The van der Waals surface area contributed by atoms with Crippen LogP contribution in [0, 0.1) is 5.92 Å². The predicted octanol–water partition coefficient (Wildman–Crippen LogP) is -1.75. The van der Waals surface area contributed by atoms with Gasteiger partial charge in [-0.25, -0.2) is 4.79 Å². The molecule has 0 amide bonds. The highest BCUT2D eigenvalue weighted by Crippen LogP contribution is 2.39. The molecule has 0 saturated carbocycles. The third-order valence-corrected chi connectivity index (χ3v) is 4.51. The monoisotopic (exact) mass is 347 g/mol. The van der Waals surface area contributed by atoms with Crippen LogP contribution in [0.5, 0.6) is 0 Å². The SMILES string of the molecule is O=C(O)[C@@H]1[C@@H](c2ccccc2)[C@H](C(=O)O)[NH2+][C@H]1c1ccccc1.[Cl-]. The summed E-state index contributed by atoms with van der Waals surface area (Å²) in [6, 6.07) is 17.1. The Kier molecular flexibility index (Phi) is 5.59. The number of rotatable bonds is 4. The first-order chi connectivity index (χ1) is 11.1. The van der Waals surface area contributed by atoms with Gasteiger partial charge in [0.2, 0.25) is 0 Å². The highest BCUT2D eigenvalue weighted by Gasteiger charge is 2.55. The fourth-order valence-electron chi connectivity index (χ4n) is 3.54. The van der Waals surface area contributed by atoms with E-state index in [-0.39, 0.29) is 12.4 Å². The lowest BCUT2D eigenvalue weighted by molar-refractivity contribution is -0.700. The summed E-state index contributed by atoms with van der Waals surface area (Å²) in [6.45, 7) is 0. The number of hydrogen-bond donors (Lipinski definition) is 3. The maximum Gasteiger partial charge on any atom is 0.363 e. The normalized spacial score (nSPS) is 25.7. The summed E-state index contributed by atoms with van der Waals surface area (Å²) in [6.07, 6.45) is 0. The minimum atomic E-state index is -0.983. The third-order valence-electron chi connectivity index (χ3n) is 4.51. The van der Waals surface area contributed by atoms with Gasteiger partial charge in [0.1, 0.15) is 12.0 Å². The van der Waals surface area contributed by atoms with Gasteiger partial charge in [-0.15, -0.1) is 0 Å². The molecule has 5 nitrogen and oxygen atoms in total. The van der Waals surface area contributed by atoms with Gasteiger partial charge in [0.25, 0.3) is 0 Å². The quantitative estimate of drug-likeness (QED) is 0.611. The minimum Gasteiger partial charge on any atom is -1.00 e. The number of carbonyl (C=O) groups is 2. The molecule has 24 heavy (non-hydrogen) atoms. The van der Waals surface area contributed by atoms with E-state index in [4.69, 9.17) is 0 Å². The van der Waals surface area contributed by atoms with Gasteiger partial charge in [-0.05, 0) is 5.56 Å². The lowest BCUT2D eigenvalue weighted by atomic mass is 9.80. The maximum absolute atomic E-state index is 11.9. The second-order valence-corrected chi connectivity index (χ2v) is 5.79. The second kappa shape index (κ2) is 7.47. The number of aliphatic carboxylic acids is 2. The first kappa shape index (κ1) is 18.0. The van der Waals surface area contributed by atoms with E-state index in [0.29, 0.717) is 0 Å². The van der Waals surface area contributed by atoms with Crippen LogP contribution in [0.3, 0.4) is 0 Å². The van der Waals surface area contributed by atoms with Crippen LogP contribution in [-0.4, -0.2) is 28.2 Å². The van der Waals surface area contributed by atoms with Gasteiger partial charge in [0.05, 0.1) is 5.92 Å². The van der Waals surface area contributed by atoms with Gasteiger partial charge in [-0.2, -0.15) is 0 Å². The fraction of sp³-hybridized carbons (Fsp3) is 0.222. The first-order valence-corrected chi connectivity index (χ1v) is 7.50. The topological polar surface area (TPSA) is 91.2 Å². The summed E-state index contributed by atoms with van der Waals surface area (Å²) in [5, 5.41) is 21.0. The standard InChI is InChI=1S/C18H17NO4.ClH/c20-17(21)14-13(11-7-3-1-4-8-11)16(18(22)23)19-15(14)12-9-5-2-6-10-12;/h1-10,13-16,19H,(H,20,21)(H,22,23);1H/t13-,14-,15+,16-;/m1./s1. The van der Waals surface area contributed by atoms with Crippen LogP contribution < -0.4 is 17.7 Å². The van der Waals surface area contributed by atoms with Crippen molar-refractivity contribution in [2.75, 3.05) is 0 Å². The van der Waals surface area contributed by atoms with Gasteiger partial charge in [-0.1, -0.05) is 60.7 Å². The van der Waals surface area contributed by atoms with E-state index in [0.717, 1.165) is 11.1 Å². The van der Waals surface area contributed by atoms with Crippen molar-refractivity contribution in [1.29, 1.82) is 0 Å². The molecule has 1 aliphatic heterocycles. The average molecular weight is 348 g/mol. The molecule has 0 aromatic heterocycles. The van der Waals surface area contributed by atoms with Gasteiger partial charge in [0, 0.05) is 5.56 Å². The van der Waals surface area contributed by atoms with Crippen molar-refractivity contribution in [3.63, 3.8) is 0 Å². The van der Waals surface area contributed by atoms with Crippen molar-refractivity contribution >= 4 is 11.9 Å². The van der Waals surface area contributed by atoms with E-state index < -0.39 is 35.9 Å². The molecule has 1 saturated heterocycles. The molecule has 4 atom stereocenters. The minimum absolute atomic E-state index is 0. The Morgan fingerprint density at radius 3 is 1.75 bits per heavy atom. The first-order valence-electron chi connectivity index (χ1n) is 7.50. The summed E-state index contributed by atoms with van der Waals surface area (Å²) in [5.41, 5.74) is 1.59. The number of nitrogens with two attached hydrogens (primary N) is 1. The molecule has 1 aliphatic rings. The van der Waals surface area contributed by atoms with Crippen molar-refractivity contribution in [2.45, 2.75) is 18.0 Å². The van der Waals surface area contributed by atoms with E-state index in [9.17, 15) is 19.8 Å². The lowest BCUT2D eigenvalue weighted by Crippen LogP contribution is -3.00. The van der Waals surface area contributed by atoms with E-state index in [1.807, 2.05) is 48.5 Å². The smallest absolute Gasteiger partial charge is 0.363 e. The number of halogens is 1. The molecule has 0 radical (unpaired) electrons. The molecule has 126 valence electrons. The zero-order valence-corrected chi connectivity index (χ0v) is 13.5. The van der Waals surface area contributed by atoms with Crippen molar-refractivity contribution < 1.29 is 37.5 Å². The largest absolute Gasteiger partial charge is 1.00 e. The van der Waals surface area contributed by atoms with Crippen LogP contribution in [0.25, 0.3) is 0 Å². The molecular formula is C18H18ClNO4. The molecule has 2 aromatic rings. The Morgan fingerprint density at radius 2 is 1.29 bits per heavy atom. The highest BCUT2D eigenvalue weighted by atomic mass is 35.5. The summed E-state index contributed by atoms with van der Waals surface area (Å²) >= 11 is 0. The zero-order valence-electron chi connectivity index (χ0n) is 12.7. The van der Waals surface area contributed by atoms with Gasteiger partial charge in [0.15, 0.2) is 6.04 Å². The van der Waals surface area contributed by atoms with Crippen molar-refractivity contribution in [3.8, 4) is 0 Å². The summed E-state index contributed by atoms with van der Waals surface area (Å²) < 4.78 is 0. The van der Waals surface area contributed by atoms with Crippen molar-refractivity contribution in [3.05, 3.63) is 71.8 Å². The van der Waals surface area contributed by atoms with Crippen LogP contribution in [0.1, 0.15) is 23.1 Å². The van der Waals surface area contributed by atoms with Crippen molar-refractivity contribution in [1.82, 2.24) is 0 Å². The lowest BCUT2D eigenvalue weighted by Gasteiger charge is -2.18. The molecule has 2 aromatic carbocycles. The number of carboxylic acid groups (broad SMARTS) is 2. The maximum atomic E-state index is 11.9. The summed E-state index contributed by atoms with van der Waals surface area (Å²) in [5.74, 6) is -3.31. The van der Waals surface area contributed by atoms with Crippen LogP contribution in [0.15, 0.2) is 60.7 Å². The van der Waals surface area contributed by atoms with Crippen LogP contribution in [0.4, 0.5) is 0 Å². The number of quaternary nitrogens is 1. The Balaban J connectivity index is 0.00000208. The second-order valence-electron chi connectivity index (χ2n) is 5.79. The average Bonchev–Trinajstić information content (AvgIpc) is 2.97. The molecule has 6 heteroatoms. The fourth-order valence-corrected chi connectivity index (χ4v) is 3.54. The molecular weight excluding hydrogens is 330 g/mol. The molecule has 0 aliphatic carbocycles. The highest BCUT2D eigenvalue weighted by molar-refractivity contribution is 5.79. The van der Waals surface area contributed by atoms with E-state index in [1.165, 1.54) is 0 Å². The molecule has 0 bridgehead atoms.